The summed E-state index contributed by atoms with van der Waals surface area (Å²) >= 11 is 3.90. The molecule has 15 aromatic carbocycles. The van der Waals surface area contributed by atoms with E-state index in [4.69, 9.17) is 0 Å². The summed E-state index contributed by atoms with van der Waals surface area (Å²) in [5.41, 5.74) is 29.5. The van der Waals surface area contributed by atoms with E-state index in [1.165, 1.54) is 114 Å². The molecule has 20 rings (SSSR count). The van der Waals surface area contributed by atoms with Crippen LogP contribution in [0.25, 0.3) is 49.7 Å². The van der Waals surface area contributed by atoms with Crippen LogP contribution in [0, 0.1) is 0 Å². The molecule has 0 bridgehead atoms. The Morgan fingerprint density at radius 2 is 0.586 bits per heavy atom. The molecule has 0 saturated carbocycles. The van der Waals surface area contributed by atoms with Gasteiger partial charge in [-0.2, -0.15) is 0 Å². The topological polar surface area (TPSA) is 17.9 Å². The maximum absolute atomic E-state index is 2.69. The molecule has 0 N–H and O–H groups in total. The Bertz CT molecular complexity index is 5390. The van der Waals surface area contributed by atoms with Gasteiger partial charge in [0.1, 0.15) is 0 Å². The molecule has 16 aromatic rings. The number of fused-ring (bicyclic) bond motifs is 11. The van der Waals surface area contributed by atoms with E-state index in [0.717, 1.165) is 56.5 Å². The van der Waals surface area contributed by atoms with Gasteiger partial charge in [0, 0.05) is 98.6 Å². The van der Waals surface area contributed by atoms with E-state index in [-0.39, 0.29) is 13.4 Å². The summed E-state index contributed by atoms with van der Waals surface area (Å²) in [6.45, 7) is -0.328. The Labute approximate surface area is 585 Å². The van der Waals surface area contributed by atoms with Gasteiger partial charge in [-0.05, 0) is 178 Å². The summed E-state index contributed by atoms with van der Waals surface area (Å²) in [6, 6.07) is 133. The van der Waals surface area contributed by atoms with E-state index >= 15 is 0 Å². The fourth-order valence-corrected chi connectivity index (χ4v) is 18.9. The lowest BCUT2D eigenvalue weighted by molar-refractivity contribution is 1.08. The van der Waals surface area contributed by atoms with E-state index < -0.39 is 0 Å². The van der Waals surface area contributed by atoms with Crippen LogP contribution in [0.2, 0.25) is 0 Å². The average Bonchev–Trinajstić information content (AvgIpc) is 1.55. The van der Waals surface area contributed by atoms with Gasteiger partial charge < -0.3 is 24.2 Å². The molecule has 1 aromatic heterocycles. The molecule has 0 unspecified atom stereocenters. The fourth-order valence-electron chi connectivity index (χ4n) is 16.2. The predicted octanol–water partition coefficient (Wildman–Crippen LogP) is 20.6. The number of para-hydroxylation sites is 8. The van der Waals surface area contributed by atoms with Gasteiger partial charge in [-0.15, -0.1) is 0 Å². The van der Waals surface area contributed by atoms with Gasteiger partial charge in [0.15, 0.2) is 0 Å². The highest BCUT2D eigenvalue weighted by molar-refractivity contribution is 8.01. The number of rotatable bonds is 11. The van der Waals surface area contributed by atoms with Crippen LogP contribution in [0.1, 0.15) is 0 Å². The third-order valence-corrected chi connectivity index (χ3v) is 22.7. The van der Waals surface area contributed by atoms with Crippen molar-refractivity contribution in [2.75, 3.05) is 19.6 Å². The molecule has 0 fully saturated rings. The van der Waals surface area contributed by atoms with Crippen molar-refractivity contribution >= 4 is 160 Å². The summed E-state index contributed by atoms with van der Waals surface area (Å²) in [7, 11) is 0. The number of hydrogen-bond donors (Lipinski definition) is 0. The number of benzene rings is 15. The first kappa shape index (κ1) is 57.4. The molecule has 0 spiro atoms. The molecule has 0 saturated heterocycles. The summed E-state index contributed by atoms with van der Waals surface area (Å²) in [5.74, 6) is 0. The van der Waals surface area contributed by atoms with Crippen molar-refractivity contribution in [1.29, 1.82) is 0 Å². The van der Waals surface area contributed by atoms with E-state index in [9.17, 15) is 0 Å². The van der Waals surface area contributed by atoms with Gasteiger partial charge >= 0.3 is 0 Å². The van der Waals surface area contributed by atoms with Crippen LogP contribution in [0.15, 0.2) is 377 Å². The monoisotopic (exact) mass is 1300 g/mol. The predicted molar refractivity (Wildman–Crippen MR) is 421 cm³/mol. The van der Waals surface area contributed by atoms with Gasteiger partial charge in [-0.1, -0.05) is 259 Å². The molecule has 4 aliphatic heterocycles. The van der Waals surface area contributed by atoms with Gasteiger partial charge in [0.2, 0.25) is 13.4 Å². The summed E-state index contributed by atoms with van der Waals surface area (Å²) in [4.78, 5) is 14.9. The van der Waals surface area contributed by atoms with Crippen molar-refractivity contribution in [3.63, 3.8) is 0 Å². The normalized spacial score (nSPS) is 12.9. The van der Waals surface area contributed by atoms with Crippen molar-refractivity contribution < 1.29 is 0 Å². The van der Waals surface area contributed by atoms with Crippen molar-refractivity contribution in [3.05, 3.63) is 358 Å². The Morgan fingerprint density at radius 3 is 0.960 bits per heavy atom. The number of anilines is 12. The van der Waals surface area contributed by atoms with Crippen LogP contribution in [0.5, 0.6) is 0 Å². The maximum Gasteiger partial charge on any atom is 0.249 e. The molecule has 0 atom stereocenters. The maximum atomic E-state index is 2.69. The largest absolute Gasteiger partial charge is 0.311 e. The third kappa shape index (κ3) is 9.29. The zero-order valence-corrected chi connectivity index (χ0v) is 55.4. The molecule has 99 heavy (non-hydrogen) atoms. The van der Waals surface area contributed by atoms with Crippen molar-refractivity contribution in [1.82, 2.24) is 4.57 Å². The van der Waals surface area contributed by atoms with E-state index in [1.807, 2.05) is 23.5 Å². The summed E-state index contributed by atoms with van der Waals surface area (Å²) < 4.78 is 2.69. The van der Waals surface area contributed by atoms with Crippen LogP contribution in [-0.2, 0) is 0 Å². The molecule has 0 radical (unpaired) electrons. The lowest BCUT2D eigenvalue weighted by Crippen LogP contribution is -2.64. The lowest BCUT2D eigenvalue weighted by atomic mass is 9.31. The number of nitrogens with zero attached hydrogens (tertiary/aromatic N) is 5. The molecule has 462 valence electrons. The van der Waals surface area contributed by atoms with Crippen LogP contribution in [0.3, 0.4) is 0 Å². The molecular weight excluding hydrogens is 1240 g/mol. The standard InChI is InChI=1S/C90H59B2N5S2/c1-9-29-60(30-10-1)62-49-51-78-72(53-62)73-54-63(61-31-11-2-12-32-61)50-52-79(73)97(78)88-89-76(91-74-45-25-27-47-80(74)95(68-41-21-7-22-42-68)82-55-70(57-84(98-89)86(82)91)93(64-33-13-3-14-34-64)65-35-15-4-16-36-65)59-77-90(88)99-85-58-71(94(66-37-17-5-18-38-66)67-39-19-6-20-40-67)56-83-87(85)92(77)75-46-26-28-48-81(75)96(83)69-43-23-8-24-44-69/h1-59H. The first-order chi connectivity index (χ1) is 49.1. The first-order valence-electron chi connectivity index (χ1n) is 34.0. The van der Waals surface area contributed by atoms with Crippen LogP contribution in [0.4, 0.5) is 68.2 Å². The molecule has 9 heteroatoms. The lowest BCUT2D eigenvalue weighted by Gasteiger charge is -2.44. The third-order valence-electron chi connectivity index (χ3n) is 20.4. The van der Waals surface area contributed by atoms with Crippen molar-refractivity contribution in [2.24, 2.45) is 0 Å². The van der Waals surface area contributed by atoms with Gasteiger partial charge in [-0.25, -0.2) is 0 Å². The molecule has 5 nitrogen and oxygen atoms in total. The summed E-state index contributed by atoms with van der Waals surface area (Å²) in [6.07, 6.45) is 0. The second-order valence-electron chi connectivity index (χ2n) is 25.9. The van der Waals surface area contributed by atoms with Crippen LogP contribution >= 0.6 is 23.5 Å². The molecule has 0 aliphatic carbocycles. The molecule has 0 amide bonds. The van der Waals surface area contributed by atoms with Crippen LogP contribution in [-0.4, -0.2) is 18.0 Å². The minimum Gasteiger partial charge on any atom is -0.311 e. The second-order valence-corrected chi connectivity index (χ2v) is 28.0. The van der Waals surface area contributed by atoms with E-state index in [2.05, 4.69) is 382 Å². The minimum atomic E-state index is -0.164. The van der Waals surface area contributed by atoms with E-state index in [1.54, 1.807) is 0 Å². The van der Waals surface area contributed by atoms with Gasteiger partial charge in [0.05, 0.1) is 16.7 Å². The summed E-state index contributed by atoms with van der Waals surface area (Å²) in [5, 5.41) is 2.41. The van der Waals surface area contributed by atoms with Gasteiger partial charge in [0.25, 0.3) is 0 Å². The SMILES string of the molecule is c1ccc(-c2ccc3c(c2)c2cc(-c4ccccc4)ccc2n3-c2c3c(cc4c2Sc2cc(N(c5ccccc5)c5ccccc5)cc5c2B4c2ccccc2N5c2ccccc2)B2c4ccccc4N(c4ccccc4)c4cc(N(c5ccccc5)c5ccccc5)cc(c42)S3)cc1. The minimum absolute atomic E-state index is 0.164. The molecular formula is C90H59B2N5S2. The van der Waals surface area contributed by atoms with Gasteiger partial charge in [-0.3, -0.25) is 0 Å². The van der Waals surface area contributed by atoms with E-state index in [0.29, 0.717) is 0 Å². The zero-order chi connectivity index (χ0) is 65.1. The Morgan fingerprint density at radius 1 is 0.253 bits per heavy atom. The van der Waals surface area contributed by atoms with Crippen LogP contribution < -0.4 is 52.4 Å². The smallest absolute Gasteiger partial charge is 0.249 e. The Kier molecular flexibility index (Phi) is 13.6. The second kappa shape index (κ2) is 23.5. The highest BCUT2D eigenvalue weighted by Crippen LogP contribution is 2.53. The highest BCUT2D eigenvalue weighted by Gasteiger charge is 2.48. The Balaban J connectivity index is 0.928. The number of aromatic nitrogens is 1. The zero-order valence-electron chi connectivity index (χ0n) is 53.8. The molecule has 4 aliphatic rings. The van der Waals surface area contributed by atoms with Crippen molar-refractivity contribution in [2.45, 2.75) is 19.6 Å². The quantitative estimate of drug-likeness (QED) is 0.119. The highest BCUT2D eigenvalue weighted by atomic mass is 32.2. The number of hydrogen-bond acceptors (Lipinski definition) is 6. The fraction of sp³-hybridized carbons (Fsp3) is 0. The Hall–Kier alpha value is -11.9. The molecule has 5 heterocycles. The van der Waals surface area contributed by atoms with Crippen molar-refractivity contribution in [3.8, 4) is 27.9 Å². The first-order valence-corrected chi connectivity index (χ1v) is 35.6. The average molecular weight is 1300 g/mol.